The van der Waals surface area contributed by atoms with Gasteiger partial charge in [-0.05, 0) is 42.6 Å². The molecule has 2 aliphatic rings. The normalized spacial score (nSPS) is 47.1. The van der Waals surface area contributed by atoms with E-state index in [-0.39, 0.29) is 0 Å². The Morgan fingerprint density at radius 3 is 2.38 bits per heavy atom. The van der Waals surface area contributed by atoms with Crippen molar-refractivity contribution in [1.82, 2.24) is 5.32 Å². The molecule has 3 atom stereocenters. The molecule has 2 rings (SSSR count). The van der Waals surface area contributed by atoms with E-state index < -0.39 is 0 Å². The van der Waals surface area contributed by atoms with Gasteiger partial charge in [0.15, 0.2) is 0 Å². The van der Waals surface area contributed by atoms with Gasteiger partial charge in [0.2, 0.25) is 0 Å². The molecular weight excluding hydrogens is 158 g/mol. The fraction of sp³-hybridized carbons (Fsp3) is 1.00. The van der Waals surface area contributed by atoms with Gasteiger partial charge in [-0.25, -0.2) is 0 Å². The van der Waals surface area contributed by atoms with Crippen molar-refractivity contribution in [3.05, 3.63) is 0 Å². The van der Waals surface area contributed by atoms with E-state index in [0.717, 1.165) is 18.5 Å². The molecule has 76 valence electrons. The van der Waals surface area contributed by atoms with Crippen LogP contribution in [0.2, 0.25) is 0 Å². The van der Waals surface area contributed by atoms with Crippen LogP contribution in [-0.2, 0) is 0 Å². The largest absolute Gasteiger partial charge is 0.314 e. The summed E-state index contributed by atoms with van der Waals surface area (Å²) in [6.45, 7) is 10.8. The van der Waals surface area contributed by atoms with Crippen LogP contribution in [-0.4, -0.2) is 12.6 Å². The first-order valence-corrected chi connectivity index (χ1v) is 5.75. The van der Waals surface area contributed by atoms with Gasteiger partial charge in [0, 0.05) is 6.04 Å². The van der Waals surface area contributed by atoms with E-state index in [2.05, 4.69) is 33.0 Å². The summed E-state index contributed by atoms with van der Waals surface area (Å²) in [5.41, 5.74) is 1.13. The molecule has 13 heavy (non-hydrogen) atoms. The first kappa shape index (κ1) is 9.51. The highest BCUT2D eigenvalue weighted by Crippen LogP contribution is 2.65. The molecule has 2 saturated carbocycles. The van der Waals surface area contributed by atoms with Crippen LogP contribution in [0.4, 0.5) is 0 Å². The van der Waals surface area contributed by atoms with E-state index in [0.29, 0.717) is 10.8 Å². The molecule has 0 radical (unpaired) electrons. The van der Waals surface area contributed by atoms with E-state index in [4.69, 9.17) is 0 Å². The standard InChI is InChI=1S/C12H23N/c1-5-13-10-8-9-6-7-12(10,4)11(9,2)3/h9-10,13H,5-8H2,1-4H3/t9?,10-,12?/m1/s1. The van der Waals surface area contributed by atoms with Crippen LogP contribution in [0, 0.1) is 16.7 Å². The summed E-state index contributed by atoms with van der Waals surface area (Å²) in [4.78, 5) is 0. The van der Waals surface area contributed by atoms with Crippen LogP contribution in [0.3, 0.4) is 0 Å². The highest BCUT2D eigenvalue weighted by atomic mass is 15.0. The van der Waals surface area contributed by atoms with Crippen molar-refractivity contribution in [3.8, 4) is 0 Å². The predicted octanol–water partition coefficient (Wildman–Crippen LogP) is 2.81. The summed E-state index contributed by atoms with van der Waals surface area (Å²) in [5.74, 6) is 0.974. The maximum Gasteiger partial charge on any atom is 0.0129 e. The lowest BCUT2D eigenvalue weighted by Crippen LogP contribution is -2.44. The van der Waals surface area contributed by atoms with Gasteiger partial charge in [-0.2, -0.15) is 0 Å². The van der Waals surface area contributed by atoms with E-state index in [1.165, 1.54) is 19.3 Å². The van der Waals surface area contributed by atoms with Crippen molar-refractivity contribution in [1.29, 1.82) is 0 Å². The van der Waals surface area contributed by atoms with Crippen molar-refractivity contribution in [2.24, 2.45) is 16.7 Å². The SMILES string of the molecule is CCN[C@@H]1CC2CCC1(C)C2(C)C. The van der Waals surface area contributed by atoms with Crippen molar-refractivity contribution in [2.45, 2.75) is 53.0 Å². The molecule has 1 N–H and O–H groups in total. The van der Waals surface area contributed by atoms with Gasteiger partial charge in [0.25, 0.3) is 0 Å². The lowest BCUT2D eigenvalue weighted by molar-refractivity contribution is 0.122. The number of hydrogen-bond donors (Lipinski definition) is 1. The summed E-state index contributed by atoms with van der Waals surface area (Å²) in [6, 6.07) is 0.784. The number of fused-ring (bicyclic) bond motifs is 2. The Hall–Kier alpha value is -0.0400. The summed E-state index contributed by atoms with van der Waals surface area (Å²) < 4.78 is 0. The molecule has 1 heteroatoms. The third-order valence-corrected chi connectivity index (χ3v) is 5.24. The zero-order valence-corrected chi connectivity index (χ0v) is 9.48. The number of hydrogen-bond acceptors (Lipinski definition) is 1. The van der Waals surface area contributed by atoms with Gasteiger partial charge in [0.05, 0.1) is 0 Å². The lowest BCUT2D eigenvalue weighted by Gasteiger charge is -2.39. The first-order valence-electron chi connectivity index (χ1n) is 5.75. The van der Waals surface area contributed by atoms with E-state index in [1.54, 1.807) is 0 Å². The maximum absolute atomic E-state index is 3.67. The van der Waals surface area contributed by atoms with E-state index in [1.807, 2.05) is 0 Å². The van der Waals surface area contributed by atoms with Crippen LogP contribution < -0.4 is 5.32 Å². The van der Waals surface area contributed by atoms with Crippen molar-refractivity contribution in [2.75, 3.05) is 6.54 Å². The van der Waals surface area contributed by atoms with Crippen LogP contribution in [0.5, 0.6) is 0 Å². The molecule has 2 aliphatic carbocycles. The van der Waals surface area contributed by atoms with Gasteiger partial charge >= 0.3 is 0 Å². The van der Waals surface area contributed by atoms with Gasteiger partial charge in [-0.15, -0.1) is 0 Å². The van der Waals surface area contributed by atoms with Crippen LogP contribution in [0.25, 0.3) is 0 Å². The summed E-state index contributed by atoms with van der Waals surface area (Å²) in [6.07, 6.45) is 4.31. The Labute approximate surface area is 82.3 Å². The third-order valence-electron chi connectivity index (χ3n) is 5.24. The van der Waals surface area contributed by atoms with Gasteiger partial charge in [-0.3, -0.25) is 0 Å². The molecule has 0 saturated heterocycles. The molecule has 1 nitrogen and oxygen atoms in total. The Balaban J connectivity index is 2.22. The fourth-order valence-corrected chi connectivity index (χ4v) is 3.76. The lowest BCUT2D eigenvalue weighted by atomic mass is 9.69. The van der Waals surface area contributed by atoms with Crippen molar-refractivity contribution < 1.29 is 0 Å². The van der Waals surface area contributed by atoms with Gasteiger partial charge in [-0.1, -0.05) is 27.7 Å². The molecule has 0 aliphatic heterocycles. The Kier molecular flexibility index (Phi) is 1.99. The van der Waals surface area contributed by atoms with Gasteiger partial charge in [0.1, 0.15) is 0 Å². The Morgan fingerprint density at radius 1 is 1.31 bits per heavy atom. The topological polar surface area (TPSA) is 12.0 Å². The Bertz CT molecular complexity index is 209. The molecule has 0 aromatic carbocycles. The number of nitrogens with one attached hydrogen (secondary N) is 1. The second kappa shape index (κ2) is 2.73. The molecule has 2 unspecified atom stereocenters. The zero-order chi connectivity index (χ0) is 9.69. The van der Waals surface area contributed by atoms with Crippen LogP contribution in [0.15, 0.2) is 0 Å². The van der Waals surface area contributed by atoms with Gasteiger partial charge < -0.3 is 5.32 Å². The molecular formula is C12H23N. The minimum atomic E-state index is 0.563. The molecule has 0 aromatic heterocycles. The van der Waals surface area contributed by atoms with Crippen LogP contribution >= 0.6 is 0 Å². The van der Waals surface area contributed by atoms with Crippen molar-refractivity contribution in [3.63, 3.8) is 0 Å². The van der Waals surface area contributed by atoms with Crippen molar-refractivity contribution >= 4 is 0 Å². The second-order valence-corrected chi connectivity index (χ2v) is 5.72. The fourth-order valence-electron chi connectivity index (χ4n) is 3.76. The molecule has 0 aromatic rings. The molecule has 0 amide bonds. The Morgan fingerprint density at radius 2 is 2.00 bits per heavy atom. The maximum atomic E-state index is 3.67. The highest BCUT2D eigenvalue weighted by molar-refractivity contribution is 5.12. The van der Waals surface area contributed by atoms with Crippen LogP contribution in [0.1, 0.15) is 47.0 Å². The second-order valence-electron chi connectivity index (χ2n) is 5.72. The molecule has 0 heterocycles. The quantitative estimate of drug-likeness (QED) is 0.690. The minimum absolute atomic E-state index is 0.563. The average Bonchev–Trinajstić information content (AvgIpc) is 2.37. The number of rotatable bonds is 2. The van der Waals surface area contributed by atoms with E-state index >= 15 is 0 Å². The summed E-state index contributed by atoms with van der Waals surface area (Å²) in [5, 5.41) is 3.67. The third kappa shape index (κ3) is 1.03. The first-order chi connectivity index (χ1) is 6.02. The summed E-state index contributed by atoms with van der Waals surface area (Å²) >= 11 is 0. The summed E-state index contributed by atoms with van der Waals surface area (Å²) in [7, 11) is 0. The monoisotopic (exact) mass is 181 g/mol. The minimum Gasteiger partial charge on any atom is -0.314 e. The zero-order valence-electron chi connectivity index (χ0n) is 9.48. The molecule has 0 spiro atoms. The predicted molar refractivity (Wildman–Crippen MR) is 56.7 cm³/mol. The molecule has 2 bridgehead atoms. The molecule has 2 fully saturated rings. The average molecular weight is 181 g/mol. The van der Waals surface area contributed by atoms with E-state index in [9.17, 15) is 0 Å². The smallest absolute Gasteiger partial charge is 0.0129 e. The highest BCUT2D eigenvalue weighted by Gasteiger charge is 2.60.